The molecule has 162 valence electrons. The number of hydrogen-bond donors (Lipinski definition) is 0. The Kier molecular flexibility index (Phi) is 6.12. The maximum absolute atomic E-state index is 13.5. The lowest BCUT2D eigenvalue weighted by atomic mass is 10.0. The molecule has 0 fully saturated rings. The number of likely N-dealkylation sites (N-methyl/N-ethyl adjacent to an activating group) is 1. The zero-order chi connectivity index (χ0) is 22.7. The monoisotopic (exact) mass is 432 g/mol. The Morgan fingerprint density at radius 1 is 0.750 bits per heavy atom. The van der Waals surface area contributed by atoms with Gasteiger partial charge in [0.2, 0.25) is 0 Å². The lowest BCUT2D eigenvalue weighted by Crippen LogP contribution is -2.34. The number of rotatable bonds is 7. The predicted octanol–water partition coefficient (Wildman–Crippen LogP) is 4.77. The summed E-state index contributed by atoms with van der Waals surface area (Å²) in [4.78, 5) is 29.9. The summed E-state index contributed by atoms with van der Waals surface area (Å²) in [5, 5.41) is 0. The molecule has 2 amide bonds. The van der Waals surface area contributed by atoms with Crippen LogP contribution in [0.2, 0.25) is 0 Å². The summed E-state index contributed by atoms with van der Waals surface area (Å²) in [6.45, 7) is 2.88. The normalized spacial score (nSPS) is 13.8. The van der Waals surface area contributed by atoms with Crippen LogP contribution in [0.4, 0.5) is 8.78 Å². The van der Waals surface area contributed by atoms with Crippen molar-refractivity contribution in [1.29, 1.82) is 0 Å². The largest absolute Gasteiger partial charge is 0.362 e. The summed E-state index contributed by atoms with van der Waals surface area (Å²) in [5.41, 5.74) is 2.65. The van der Waals surface area contributed by atoms with Crippen molar-refractivity contribution in [3.8, 4) is 0 Å². The summed E-state index contributed by atoms with van der Waals surface area (Å²) in [5.74, 6) is -1.69. The zero-order valence-electron chi connectivity index (χ0n) is 17.6. The van der Waals surface area contributed by atoms with Gasteiger partial charge in [0, 0.05) is 13.1 Å². The van der Waals surface area contributed by atoms with Crippen molar-refractivity contribution in [3.05, 3.63) is 113 Å². The molecule has 0 N–H and O–H groups in total. The van der Waals surface area contributed by atoms with Crippen molar-refractivity contribution < 1.29 is 18.4 Å². The van der Waals surface area contributed by atoms with Crippen LogP contribution in [0.15, 0.2) is 84.6 Å². The Morgan fingerprint density at radius 3 is 1.94 bits per heavy atom. The van der Waals surface area contributed by atoms with Gasteiger partial charge in [0.25, 0.3) is 11.8 Å². The number of imide groups is 1. The van der Waals surface area contributed by atoms with Crippen LogP contribution in [0.3, 0.4) is 0 Å². The van der Waals surface area contributed by atoms with E-state index in [-0.39, 0.29) is 17.8 Å². The summed E-state index contributed by atoms with van der Waals surface area (Å²) < 4.78 is 26.8. The van der Waals surface area contributed by atoms with E-state index < -0.39 is 23.4 Å². The van der Waals surface area contributed by atoms with Crippen molar-refractivity contribution in [2.24, 2.45) is 0 Å². The topological polar surface area (TPSA) is 40.6 Å². The van der Waals surface area contributed by atoms with E-state index in [4.69, 9.17) is 0 Å². The number of amides is 2. The van der Waals surface area contributed by atoms with Gasteiger partial charge in [0.05, 0.1) is 12.1 Å². The lowest BCUT2D eigenvalue weighted by Gasteiger charge is -2.25. The van der Waals surface area contributed by atoms with Crippen LogP contribution in [0, 0.1) is 11.6 Å². The van der Waals surface area contributed by atoms with Gasteiger partial charge in [-0.05, 0) is 47.9 Å². The Morgan fingerprint density at radius 2 is 1.34 bits per heavy atom. The molecular formula is C26H22F2N2O2. The molecule has 4 nitrogen and oxygen atoms in total. The first-order valence-corrected chi connectivity index (χ1v) is 10.4. The molecule has 1 aliphatic rings. The molecule has 1 aliphatic heterocycles. The van der Waals surface area contributed by atoms with E-state index in [1.54, 1.807) is 12.1 Å². The fourth-order valence-corrected chi connectivity index (χ4v) is 3.80. The Bertz CT molecular complexity index is 1160. The number of nitrogens with zero attached hydrogens (tertiary/aromatic N) is 2. The van der Waals surface area contributed by atoms with Crippen molar-refractivity contribution in [2.45, 2.75) is 20.0 Å². The average molecular weight is 432 g/mol. The molecular weight excluding hydrogens is 410 g/mol. The van der Waals surface area contributed by atoms with E-state index in [0.717, 1.165) is 10.5 Å². The Hall–Kier alpha value is -3.80. The minimum atomic E-state index is -0.451. The molecule has 3 aromatic rings. The SMILES string of the molecule is CCN(Cc1ccccc1)C1=C(c2ccc(F)cc2)C(=O)N(Cc2ccc(F)cc2)C1=O. The molecule has 6 heteroatoms. The van der Waals surface area contributed by atoms with Gasteiger partial charge in [-0.15, -0.1) is 0 Å². The second-order valence-electron chi connectivity index (χ2n) is 7.55. The lowest BCUT2D eigenvalue weighted by molar-refractivity contribution is -0.138. The van der Waals surface area contributed by atoms with Gasteiger partial charge in [0.15, 0.2) is 0 Å². The van der Waals surface area contributed by atoms with Crippen molar-refractivity contribution in [3.63, 3.8) is 0 Å². The third-order valence-corrected chi connectivity index (χ3v) is 5.44. The molecule has 0 saturated heterocycles. The van der Waals surface area contributed by atoms with Crippen LogP contribution < -0.4 is 0 Å². The van der Waals surface area contributed by atoms with Crippen LogP contribution in [-0.2, 0) is 22.7 Å². The first-order valence-electron chi connectivity index (χ1n) is 10.4. The summed E-state index contributed by atoms with van der Waals surface area (Å²) >= 11 is 0. The van der Waals surface area contributed by atoms with E-state index in [9.17, 15) is 18.4 Å². The second-order valence-corrected chi connectivity index (χ2v) is 7.55. The van der Waals surface area contributed by atoms with Gasteiger partial charge >= 0.3 is 0 Å². The minimum Gasteiger partial charge on any atom is -0.362 e. The maximum Gasteiger partial charge on any atom is 0.278 e. The molecule has 0 saturated carbocycles. The highest BCUT2D eigenvalue weighted by molar-refractivity contribution is 6.35. The molecule has 0 atom stereocenters. The highest BCUT2D eigenvalue weighted by atomic mass is 19.1. The fourth-order valence-electron chi connectivity index (χ4n) is 3.80. The highest BCUT2D eigenvalue weighted by Crippen LogP contribution is 2.33. The number of hydrogen-bond acceptors (Lipinski definition) is 3. The van der Waals surface area contributed by atoms with Crippen LogP contribution in [0.5, 0.6) is 0 Å². The average Bonchev–Trinajstić information content (AvgIpc) is 3.05. The molecule has 4 rings (SSSR count). The van der Waals surface area contributed by atoms with Gasteiger partial charge in [-0.1, -0.05) is 54.6 Å². The van der Waals surface area contributed by atoms with E-state index in [0.29, 0.717) is 24.2 Å². The number of carbonyl (C=O) groups excluding carboxylic acids is 2. The molecule has 0 spiro atoms. The van der Waals surface area contributed by atoms with Gasteiger partial charge in [-0.3, -0.25) is 14.5 Å². The second kappa shape index (κ2) is 9.14. The smallest absolute Gasteiger partial charge is 0.278 e. The van der Waals surface area contributed by atoms with Crippen LogP contribution in [0.1, 0.15) is 23.6 Å². The Balaban J connectivity index is 1.75. The molecule has 0 bridgehead atoms. The van der Waals surface area contributed by atoms with Gasteiger partial charge in [0.1, 0.15) is 17.3 Å². The van der Waals surface area contributed by atoms with Crippen molar-refractivity contribution >= 4 is 17.4 Å². The third-order valence-electron chi connectivity index (χ3n) is 5.44. The van der Waals surface area contributed by atoms with E-state index >= 15 is 0 Å². The van der Waals surface area contributed by atoms with Crippen LogP contribution in [-0.4, -0.2) is 28.2 Å². The van der Waals surface area contributed by atoms with Crippen molar-refractivity contribution in [1.82, 2.24) is 9.80 Å². The molecule has 0 radical (unpaired) electrons. The number of carbonyl (C=O) groups is 2. The molecule has 0 aliphatic carbocycles. The predicted molar refractivity (Wildman–Crippen MR) is 118 cm³/mol. The molecule has 3 aromatic carbocycles. The van der Waals surface area contributed by atoms with Gasteiger partial charge in [-0.2, -0.15) is 0 Å². The number of benzene rings is 3. The van der Waals surface area contributed by atoms with Gasteiger partial charge in [-0.25, -0.2) is 8.78 Å². The molecule has 1 heterocycles. The summed E-state index contributed by atoms with van der Waals surface area (Å²) in [6, 6.07) is 20.9. The maximum atomic E-state index is 13.5. The molecule has 0 aromatic heterocycles. The number of halogens is 2. The van der Waals surface area contributed by atoms with E-state index in [1.165, 1.54) is 36.4 Å². The molecule has 32 heavy (non-hydrogen) atoms. The Labute approximate surface area is 185 Å². The quantitative estimate of drug-likeness (QED) is 0.505. The fraction of sp³-hybridized carbons (Fsp3) is 0.154. The zero-order valence-corrected chi connectivity index (χ0v) is 17.6. The van der Waals surface area contributed by atoms with E-state index in [2.05, 4.69) is 0 Å². The standard InChI is InChI=1S/C26H22F2N2O2/c1-2-29(16-18-6-4-3-5-7-18)24-23(20-10-14-22(28)15-11-20)25(31)30(26(24)32)17-19-8-12-21(27)13-9-19/h3-15H,2,16-17H2,1H3. The summed E-state index contributed by atoms with van der Waals surface area (Å²) in [7, 11) is 0. The first kappa shape index (κ1) is 21.4. The minimum absolute atomic E-state index is 0.0228. The van der Waals surface area contributed by atoms with Gasteiger partial charge < -0.3 is 4.90 Å². The highest BCUT2D eigenvalue weighted by Gasteiger charge is 2.41. The summed E-state index contributed by atoms with van der Waals surface area (Å²) in [6.07, 6.45) is 0. The van der Waals surface area contributed by atoms with Crippen LogP contribution >= 0.6 is 0 Å². The first-order chi connectivity index (χ1) is 15.5. The van der Waals surface area contributed by atoms with E-state index in [1.807, 2.05) is 42.2 Å². The van der Waals surface area contributed by atoms with Crippen molar-refractivity contribution in [2.75, 3.05) is 6.54 Å². The van der Waals surface area contributed by atoms with Crippen LogP contribution in [0.25, 0.3) is 5.57 Å². The third kappa shape index (κ3) is 4.30. The molecule has 0 unspecified atom stereocenters.